The molecule has 0 unspecified atom stereocenters. The smallest absolute Gasteiger partial charge is 0.290 e. The van der Waals surface area contributed by atoms with Crippen LogP contribution in [0.4, 0.5) is 0 Å². The molecular weight excluding hydrogens is 422 g/mol. The number of aliphatic hydroxyl groups excluding tert-OH is 1. The van der Waals surface area contributed by atoms with E-state index in [0.717, 1.165) is 5.56 Å². The predicted molar refractivity (Wildman–Crippen MR) is 121 cm³/mol. The fraction of sp³-hybridized carbons (Fsp3) is 0.231. The van der Waals surface area contributed by atoms with Gasteiger partial charge in [-0.25, -0.2) is 0 Å². The van der Waals surface area contributed by atoms with Crippen molar-refractivity contribution < 1.29 is 29.0 Å². The van der Waals surface area contributed by atoms with E-state index in [1.165, 1.54) is 17.0 Å². The summed E-state index contributed by atoms with van der Waals surface area (Å²) in [5.74, 6) is -1.02. The van der Waals surface area contributed by atoms with E-state index in [-0.39, 0.29) is 29.4 Å². The van der Waals surface area contributed by atoms with Gasteiger partial charge in [-0.1, -0.05) is 36.4 Å². The molecule has 0 spiro atoms. The summed E-state index contributed by atoms with van der Waals surface area (Å²) in [6, 6.07) is 16.6. The van der Waals surface area contributed by atoms with Gasteiger partial charge in [0, 0.05) is 6.54 Å². The maximum atomic E-state index is 13.3. The van der Waals surface area contributed by atoms with Gasteiger partial charge in [-0.05, 0) is 55.7 Å². The monoisotopic (exact) mass is 447 g/mol. The van der Waals surface area contributed by atoms with E-state index in [1.54, 1.807) is 32.0 Å². The molecule has 0 radical (unpaired) electrons. The van der Waals surface area contributed by atoms with Crippen molar-refractivity contribution in [3.8, 4) is 11.5 Å². The lowest BCUT2D eigenvalue weighted by Crippen LogP contribution is -2.33. The van der Waals surface area contributed by atoms with Gasteiger partial charge in [0.2, 0.25) is 5.78 Å². The summed E-state index contributed by atoms with van der Waals surface area (Å²) < 4.78 is 11.0. The second-order valence-electron chi connectivity index (χ2n) is 7.80. The van der Waals surface area contributed by atoms with E-state index in [1.807, 2.05) is 30.3 Å². The fourth-order valence-electron chi connectivity index (χ4n) is 4.02. The van der Waals surface area contributed by atoms with E-state index in [0.29, 0.717) is 24.4 Å². The number of benzene rings is 2. The first-order valence-corrected chi connectivity index (χ1v) is 10.8. The Balaban J connectivity index is 1.76. The van der Waals surface area contributed by atoms with Crippen molar-refractivity contribution in [1.82, 2.24) is 4.90 Å². The van der Waals surface area contributed by atoms with Gasteiger partial charge in [0.25, 0.3) is 5.91 Å². The van der Waals surface area contributed by atoms with E-state index >= 15 is 0 Å². The Hall–Kier alpha value is -4.00. The minimum absolute atomic E-state index is 0.0422. The molecule has 0 saturated heterocycles. The maximum absolute atomic E-state index is 13.3. The molecule has 1 aliphatic rings. The Morgan fingerprint density at radius 3 is 2.52 bits per heavy atom. The van der Waals surface area contributed by atoms with Crippen molar-refractivity contribution in [3.05, 3.63) is 94.6 Å². The number of rotatable bonds is 8. The average Bonchev–Trinajstić information content (AvgIpc) is 3.36. The fourth-order valence-corrected chi connectivity index (χ4v) is 4.02. The molecule has 2 heterocycles. The molecule has 7 heteroatoms. The largest absolute Gasteiger partial charge is 0.504 e. The summed E-state index contributed by atoms with van der Waals surface area (Å²) in [4.78, 5) is 27.9. The molecule has 1 aromatic heterocycles. The number of phenolic OH excluding ortho intramolecular Hbond substituents is 1. The molecule has 2 aromatic carbocycles. The second-order valence-corrected chi connectivity index (χ2v) is 7.80. The van der Waals surface area contributed by atoms with Crippen molar-refractivity contribution in [1.29, 1.82) is 0 Å². The van der Waals surface area contributed by atoms with Crippen molar-refractivity contribution in [2.75, 3.05) is 13.2 Å². The first-order chi connectivity index (χ1) is 15.9. The minimum atomic E-state index is -0.862. The standard InChI is InChI=1S/C26H25NO6/c1-3-32-21-15-18(10-11-19(21)28)23-22(24(29)20-12-9-16(2)33-20)25(30)26(31)27(23)14-13-17-7-5-4-6-8-17/h4-12,15,23,28,30H,3,13-14H2,1-2H3/t23-/m1/s1. The highest BCUT2D eigenvalue weighted by molar-refractivity contribution is 6.15. The number of aromatic hydroxyl groups is 1. The topological polar surface area (TPSA) is 100 Å². The van der Waals surface area contributed by atoms with Crippen molar-refractivity contribution >= 4 is 11.7 Å². The molecule has 0 bridgehead atoms. The van der Waals surface area contributed by atoms with Crippen LogP contribution in [0, 0.1) is 6.92 Å². The molecule has 1 atom stereocenters. The van der Waals surface area contributed by atoms with Crippen LogP contribution in [0.3, 0.4) is 0 Å². The van der Waals surface area contributed by atoms with Crippen LogP contribution >= 0.6 is 0 Å². The Labute approximate surface area is 191 Å². The molecule has 4 rings (SSSR count). The van der Waals surface area contributed by atoms with Gasteiger partial charge in [0.15, 0.2) is 23.0 Å². The maximum Gasteiger partial charge on any atom is 0.290 e. The number of carbonyl (C=O) groups excluding carboxylic acids is 2. The number of ether oxygens (including phenoxy) is 1. The van der Waals surface area contributed by atoms with Crippen molar-refractivity contribution in [2.45, 2.75) is 26.3 Å². The molecule has 2 N–H and O–H groups in total. The summed E-state index contributed by atoms with van der Waals surface area (Å²) in [7, 11) is 0. The molecule has 0 saturated carbocycles. The highest BCUT2D eigenvalue weighted by Gasteiger charge is 2.44. The molecule has 0 fully saturated rings. The molecule has 33 heavy (non-hydrogen) atoms. The molecule has 1 amide bonds. The van der Waals surface area contributed by atoms with Crippen LogP contribution in [-0.4, -0.2) is 40.0 Å². The molecular formula is C26H25NO6. The third-order valence-corrected chi connectivity index (χ3v) is 5.60. The highest BCUT2D eigenvalue weighted by Crippen LogP contribution is 2.41. The number of phenols is 1. The summed E-state index contributed by atoms with van der Waals surface area (Å²) in [5.41, 5.74) is 1.49. The Bertz CT molecular complexity index is 1210. The number of nitrogens with zero attached hydrogens (tertiary/aromatic N) is 1. The van der Waals surface area contributed by atoms with Gasteiger partial charge in [-0.2, -0.15) is 0 Å². The SMILES string of the molecule is CCOc1cc([C@@H]2C(C(=O)c3ccc(C)o3)=C(O)C(=O)N2CCc2ccccc2)ccc1O. The first kappa shape index (κ1) is 22.2. The number of amides is 1. The molecule has 170 valence electrons. The zero-order valence-electron chi connectivity index (χ0n) is 18.4. The van der Waals surface area contributed by atoms with Crippen LogP contribution in [0.2, 0.25) is 0 Å². The van der Waals surface area contributed by atoms with Crippen LogP contribution in [0.5, 0.6) is 11.5 Å². The molecule has 3 aromatic rings. The van der Waals surface area contributed by atoms with Gasteiger partial charge in [-0.15, -0.1) is 0 Å². The zero-order chi connectivity index (χ0) is 23.5. The molecule has 7 nitrogen and oxygen atoms in total. The summed E-state index contributed by atoms with van der Waals surface area (Å²) in [6.07, 6.45) is 0.536. The average molecular weight is 447 g/mol. The number of Topliss-reactive ketones (excluding diaryl/α,β-unsaturated/α-hetero) is 1. The summed E-state index contributed by atoms with van der Waals surface area (Å²) >= 11 is 0. The number of hydrogen-bond donors (Lipinski definition) is 2. The lowest BCUT2D eigenvalue weighted by Gasteiger charge is -2.27. The number of aliphatic hydroxyl groups is 1. The lowest BCUT2D eigenvalue weighted by atomic mass is 9.94. The predicted octanol–water partition coefficient (Wildman–Crippen LogP) is 4.51. The molecule has 0 aliphatic carbocycles. The van der Waals surface area contributed by atoms with Crippen molar-refractivity contribution in [2.24, 2.45) is 0 Å². The zero-order valence-corrected chi connectivity index (χ0v) is 18.4. The highest BCUT2D eigenvalue weighted by atomic mass is 16.5. The number of aryl methyl sites for hydroxylation is 1. The van der Waals surface area contributed by atoms with Gasteiger partial charge >= 0.3 is 0 Å². The van der Waals surface area contributed by atoms with Gasteiger partial charge < -0.3 is 24.3 Å². The van der Waals surface area contributed by atoms with Crippen LogP contribution in [0.15, 0.2) is 76.4 Å². The number of furan rings is 1. The van der Waals surface area contributed by atoms with E-state index in [9.17, 15) is 19.8 Å². The Kier molecular flexibility index (Phi) is 6.22. The third-order valence-electron chi connectivity index (χ3n) is 5.60. The number of carbonyl (C=O) groups is 2. The number of hydrogen-bond acceptors (Lipinski definition) is 6. The van der Waals surface area contributed by atoms with Crippen LogP contribution in [0.25, 0.3) is 0 Å². The molecule has 1 aliphatic heterocycles. The van der Waals surface area contributed by atoms with E-state index in [4.69, 9.17) is 9.15 Å². The summed E-state index contributed by atoms with van der Waals surface area (Å²) in [5, 5.41) is 20.9. The first-order valence-electron chi connectivity index (χ1n) is 10.8. The lowest BCUT2D eigenvalue weighted by molar-refractivity contribution is -0.129. The van der Waals surface area contributed by atoms with Crippen molar-refractivity contribution in [3.63, 3.8) is 0 Å². The Morgan fingerprint density at radius 2 is 1.85 bits per heavy atom. The van der Waals surface area contributed by atoms with Gasteiger partial charge in [0.1, 0.15) is 5.76 Å². The minimum Gasteiger partial charge on any atom is -0.504 e. The van der Waals surface area contributed by atoms with Gasteiger partial charge in [-0.3, -0.25) is 9.59 Å². The quantitative estimate of drug-likeness (QED) is 0.493. The normalized spacial score (nSPS) is 15.9. The van der Waals surface area contributed by atoms with Crippen LogP contribution < -0.4 is 4.74 Å². The van der Waals surface area contributed by atoms with Gasteiger partial charge in [0.05, 0.1) is 18.2 Å². The second kappa shape index (κ2) is 9.24. The van der Waals surface area contributed by atoms with E-state index in [2.05, 4.69) is 0 Å². The number of ketones is 1. The third kappa shape index (κ3) is 4.35. The van der Waals surface area contributed by atoms with Crippen LogP contribution in [-0.2, 0) is 11.2 Å². The Morgan fingerprint density at radius 1 is 1.09 bits per heavy atom. The van der Waals surface area contributed by atoms with Crippen LogP contribution in [0.1, 0.15) is 40.4 Å². The summed E-state index contributed by atoms with van der Waals surface area (Å²) in [6.45, 7) is 4.10. The van der Waals surface area contributed by atoms with E-state index < -0.39 is 23.5 Å².